The summed E-state index contributed by atoms with van der Waals surface area (Å²) in [6, 6.07) is 5.05. The van der Waals surface area contributed by atoms with Gasteiger partial charge in [0.15, 0.2) is 0 Å². The normalized spacial score (nSPS) is 12.9. The van der Waals surface area contributed by atoms with E-state index in [1.165, 1.54) is 0 Å². The van der Waals surface area contributed by atoms with Crippen molar-refractivity contribution in [3.63, 3.8) is 0 Å². The SMILES string of the molecule is OCCC(O)c1cccc(Cl)c1Cl. The monoisotopic (exact) mass is 220 g/mol. The van der Waals surface area contributed by atoms with Crippen molar-refractivity contribution in [2.45, 2.75) is 12.5 Å². The van der Waals surface area contributed by atoms with Gasteiger partial charge in [0.05, 0.1) is 16.1 Å². The summed E-state index contributed by atoms with van der Waals surface area (Å²) in [5.74, 6) is 0. The molecule has 0 bridgehead atoms. The molecule has 0 aliphatic heterocycles. The molecule has 0 saturated heterocycles. The molecule has 2 N–H and O–H groups in total. The Kier molecular flexibility index (Phi) is 4.00. The number of aliphatic hydroxyl groups excluding tert-OH is 2. The molecule has 0 fully saturated rings. The zero-order valence-corrected chi connectivity index (χ0v) is 8.39. The predicted molar refractivity (Wildman–Crippen MR) is 53.1 cm³/mol. The van der Waals surface area contributed by atoms with E-state index in [4.69, 9.17) is 28.3 Å². The number of rotatable bonds is 3. The molecular formula is C9H10Cl2O2. The van der Waals surface area contributed by atoms with Crippen LogP contribution >= 0.6 is 23.2 Å². The predicted octanol–water partition coefficient (Wildman–Crippen LogP) is 2.41. The quantitative estimate of drug-likeness (QED) is 0.822. The van der Waals surface area contributed by atoms with Crippen molar-refractivity contribution < 1.29 is 10.2 Å². The van der Waals surface area contributed by atoms with Crippen LogP contribution in [-0.2, 0) is 0 Å². The van der Waals surface area contributed by atoms with Crippen molar-refractivity contribution in [2.75, 3.05) is 6.61 Å². The Labute approximate surface area is 86.7 Å². The van der Waals surface area contributed by atoms with Gasteiger partial charge in [0.25, 0.3) is 0 Å². The van der Waals surface area contributed by atoms with Gasteiger partial charge in [-0.05, 0) is 6.07 Å². The Balaban J connectivity index is 2.93. The lowest BCUT2D eigenvalue weighted by molar-refractivity contribution is 0.134. The van der Waals surface area contributed by atoms with E-state index < -0.39 is 6.10 Å². The molecule has 0 radical (unpaired) electrons. The summed E-state index contributed by atoms with van der Waals surface area (Å²) in [7, 11) is 0. The summed E-state index contributed by atoms with van der Waals surface area (Å²) >= 11 is 11.6. The maximum Gasteiger partial charge on any atom is 0.0826 e. The van der Waals surface area contributed by atoms with E-state index in [2.05, 4.69) is 0 Å². The third-order valence-corrected chi connectivity index (χ3v) is 2.58. The van der Waals surface area contributed by atoms with Crippen LogP contribution in [0.3, 0.4) is 0 Å². The van der Waals surface area contributed by atoms with Crippen LogP contribution in [0.25, 0.3) is 0 Å². The van der Waals surface area contributed by atoms with Crippen LogP contribution in [0.5, 0.6) is 0 Å². The molecule has 72 valence electrons. The highest BCUT2D eigenvalue weighted by atomic mass is 35.5. The Hall–Kier alpha value is -0.280. The zero-order valence-electron chi connectivity index (χ0n) is 6.87. The van der Waals surface area contributed by atoms with E-state index in [1.807, 2.05) is 0 Å². The van der Waals surface area contributed by atoms with Gasteiger partial charge in [-0.3, -0.25) is 0 Å². The van der Waals surface area contributed by atoms with Crippen LogP contribution in [-0.4, -0.2) is 16.8 Å². The second-order valence-electron chi connectivity index (χ2n) is 2.67. The van der Waals surface area contributed by atoms with Gasteiger partial charge in [0.1, 0.15) is 0 Å². The largest absolute Gasteiger partial charge is 0.396 e. The van der Waals surface area contributed by atoms with E-state index in [1.54, 1.807) is 18.2 Å². The van der Waals surface area contributed by atoms with Gasteiger partial charge in [-0.25, -0.2) is 0 Å². The second-order valence-corrected chi connectivity index (χ2v) is 3.46. The first-order valence-electron chi connectivity index (χ1n) is 3.89. The lowest BCUT2D eigenvalue weighted by Crippen LogP contribution is -2.00. The van der Waals surface area contributed by atoms with Crippen LogP contribution < -0.4 is 0 Å². The zero-order chi connectivity index (χ0) is 9.84. The fraction of sp³-hybridized carbons (Fsp3) is 0.333. The molecule has 0 spiro atoms. The van der Waals surface area contributed by atoms with Crippen LogP contribution in [0, 0.1) is 0 Å². The van der Waals surface area contributed by atoms with Crippen LogP contribution in [0.2, 0.25) is 10.0 Å². The van der Waals surface area contributed by atoms with Gasteiger partial charge in [-0.15, -0.1) is 0 Å². The highest BCUT2D eigenvalue weighted by molar-refractivity contribution is 6.42. The molecule has 0 aliphatic rings. The molecule has 1 rings (SSSR count). The highest BCUT2D eigenvalue weighted by Crippen LogP contribution is 2.30. The van der Waals surface area contributed by atoms with E-state index >= 15 is 0 Å². The highest BCUT2D eigenvalue weighted by Gasteiger charge is 2.12. The first-order chi connectivity index (χ1) is 6.16. The Morgan fingerprint density at radius 2 is 2.00 bits per heavy atom. The Bertz CT molecular complexity index is 289. The second kappa shape index (κ2) is 4.82. The Morgan fingerprint density at radius 1 is 1.31 bits per heavy atom. The van der Waals surface area contributed by atoms with Gasteiger partial charge in [0.2, 0.25) is 0 Å². The van der Waals surface area contributed by atoms with Gasteiger partial charge in [-0.1, -0.05) is 35.3 Å². The number of hydrogen-bond acceptors (Lipinski definition) is 2. The average molecular weight is 221 g/mol. The molecule has 1 aromatic rings. The summed E-state index contributed by atoms with van der Waals surface area (Å²) in [6.07, 6.45) is -0.490. The van der Waals surface area contributed by atoms with Gasteiger partial charge >= 0.3 is 0 Å². The summed E-state index contributed by atoms with van der Waals surface area (Å²) in [6.45, 7) is -0.0794. The van der Waals surface area contributed by atoms with E-state index in [0.29, 0.717) is 15.6 Å². The minimum absolute atomic E-state index is 0.0794. The number of aliphatic hydroxyl groups is 2. The maximum absolute atomic E-state index is 9.52. The standard InChI is InChI=1S/C9H10Cl2O2/c10-7-3-1-2-6(9(7)11)8(13)4-5-12/h1-3,8,12-13H,4-5H2. The smallest absolute Gasteiger partial charge is 0.0826 e. The third-order valence-electron chi connectivity index (χ3n) is 1.74. The Morgan fingerprint density at radius 3 is 2.62 bits per heavy atom. The molecule has 0 amide bonds. The first-order valence-corrected chi connectivity index (χ1v) is 4.65. The number of hydrogen-bond donors (Lipinski definition) is 2. The lowest BCUT2D eigenvalue weighted by Gasteiger charge is -2.11. The molecule has 1 aromatic carbocycles. The van der Waals surface area contributed by atoms with Crippen LogP contribution in [0.1, 0.15) is 18.1 Å². The van der Waals surface area contributed by atoms with Crippen molar-refractivity contribution in [1.82, 2.24) is 0 Å². The van der Waals surface area contributed by atoms with Gasteiger partial charge < -0.3 is 10.2 Å². The molecule has 4 heteroatoms. The maximum atomic E-state index is 9.52. The minimum atomic E-state index is -0.754. The lowest BCUT2D eigenvalue weighted by atomic mass is 10.1. The summed E-state index contributed by atoms with van der Waals surface area (Å²) < 4.78 is 0. The van der Waals surface area contributed by atoms with E-state index in [0.717, 1.165) is 0 Å². The van der Waals surface area contributed by atoms with E-state index in [9.17, 15) is 5.11 Å². The third kappa shape index (κ3) is 2.58. The molecule has 0 saturated carbocycles. The minimum Gasteiger partial charge on any atom is -0.396 e. The van der Waals surface area contributed by atoms with Gasteiger partial charge in [0, 0.05) is 18.6 Å². The molecule has 13 heavy (non-hydrogen) atoms. The molecular weight excluding hydrogens is 211 g/mol. The number of halogens is 2. The molecule has 1 unspecified atom stereocenters. The molecule has 1 atom stereocenters. The summed E-state index contributed by atoms with van der Waals surface area (Å²) in [5.41, 5.74) is 0.559. The molecule has 0 aliphatic carbocycles. The first kappa shape index (κ1) is 10.8. The van der Waals surface area contributed by atoms with Crippen molar-refractivity contribution in [3.05, 3.63) is 33.8 Å². The average Bonchev–Trinajstić information content (AvgIpc) is 2.10. The van der Waals surface area contributed by atoms with Crippen LogP contribution in [0.4, 0.5) is 0 Å². The van der Waals surface area contributed by atoms with Crippen molar-refractivity contribution in [2.24, 2.45) is 0 Å². The molecule has 2 nitrogen and oxygen atoms in total. The molecule has 0 aromatic heterocycles. The number of benzene rings is 1. The fourth-order valence-corrected chi connectivity index (χ4v) is 1.49. The van der Waals surface area contributed by atoms with Crippen molar-refractivity contribution in [3.8, 4) is 0 Å². The summed E-state index contributed by atoms with van der Waals surface area (Å²) in [4.78, 5) is 0. The fourth-order valence-electron chi connectivity index (χ4n) is 1.06. The van der Waals surface area contributed by atoms with Gasteiger partial charge in [-0.2, -0.15) is 0 Å². The van der Waals surface area contributed by atoms with E-state index in [-0.39, 0.29) is 13.0 Å². The topological polar surface area (TPSA) is 40.5 Å². The van der Waals surface area contributed by atoms with Crippen molar-refractivity contribution in [1.29, 1.82) is 0 Å². The molecule has 0 heterocycles. The van der Waals surface area contributed by atoms with Crippen molar-refractivity contribution >= 4 is 23.2 Å². The summed E-state index contributed by atoms with van der Waals surface area (Å²) in [5, 5.41) is 18.9. The van der Waals surface area contributed by atoms with Crippen LogP contribution in [0.15, 0.2) is 18.2 Å².